The van der Waals surface area contributed by atoms with Gasteiger partial charge in [0.05, 0.1) is 11.3 Å². The second kappa shape index (κ2) is 9.91. The van der Waals surface area contributed by atoms with Gasteiger partial charge in [-0.1, -0.05) is 18.2 Å². The van der Waals surface area contributed by atoms with Crippen molar-refractivity contribution in [2.45, 2.75) is 19.9 Å². The summed E-state index contributed by atoms with van der Waals surface area (Å²) in [5.74, 6) is -0.659. The molecule has 0 saturated heterocycles. The number of hydrogen-bond acceptors (Lipinski definition) is 3. The molecule has 0 saturated carbocycles. The molecule has 0 aliphatic heterocycles. The number of urea groups is 1. The van der Waals surface area contributed by atoms with Crippen molar-refractivity contribution in [2.24, 2.45) is 0 Å². The van der Waals surface area contributed by atoms with Crippen LogP contribution in [0.15, 0.2) is 61.2 Å². The Kier molecular flexibility index (Phi) is 7.33. The molecule has 4 N–H and O–H groups in total. The largest absolute Gasteiger partial charge is 0.349 e. The van der Waals surface area contributed by atoms with E-state index in [1.165, 1.54) is 0 Å². The Hall–Kier alpha value is -3.61. The van der Waals surface area contributed by atoms with E-state index in [0.29, 0.717) is 29.0 Å². The summed E-state index contributed by atoms with van der Waals surface area (Å²) in [6, 6.07) is 12.9. The maximum atomic E-state index is 12.5. The second-order valence-electron chi connectivity index (χ2n) is 6.33. The van der Waals surface area contributed by atoms with Gasteiger partial charge in [-0.2, -0.15) is 0 Å². The van der Waals surface area contributed by atoms with Crippen LogP contribution in [0.3, 0.4) is 0 Å². The van der Waals surface area contributed by atoms with Crippen LogP contribution in [0.25, 0.3) is 0 Å². The number of amides is 4. The van der Waals surface area contributed by atoms with E-state index in [9.17, 15) is 14.4 Å². The molecule has 0 atom stereocenters. The van der Waals surface area contributed by atoms with Gasteiger partial charge in [-0.3, -0.25) is 9.59 Å². The van der Waals surface area contributed by atoms with E-state index in [1.807, 2.05) is 13.8 Å². The lowest BCUT2D eigenvalue weighted by Gasteiger charge is -2.12. The zero-order valence-corrected chi connectivity index (χ0v) is 15.9. The number of carbonyl (C=O) groups excluding carboxylic acids is 3. The Bertz CT molecular complexity index is 860. The third kappa shape index (κ3) is 5.98. The molecule has 0 aromatic heterocycles. The summed E-state index contributed by atoms with van der Waals surface area (Å²) < 4.78 is 0. The maximum Gasteiger partial charge on any atom is 0.319 e. The molecule has 2 aromatic rings. The van der Waals surface area contributed by atoms with Crippen molar-refractivity contribution in [3.8, 4) is 0 Å². The van der Waals surface area contributed by atoms with E-state index in [-0.39, 0.29) is 23.9 Å². The highest BCUT2D eigenvalue weighted by Gasteiger charge is 2.13. The fourth-order valence-electron chi connectivity index (χ4n) is 2.38. The fraction of sp³-hybridized carbons (Fsp3) is 0.190. The standard InChI is InChI=1S/C21H24N4O3/c1-4-13-22-20(27)17-7-5-6-8-18(17)25-19(26)15-9-11-16(12-10-15)24-21(28)23-14(2)3/h4-12,14H,1,13H2,2-3H3,(H,22,27)(H,25,26)(H2,23,24,28). The average Bonchev–Trinajstić information content (AvgIpc) is 2.66. The number of rotatable bonds is 7. The van der Waals surface area contributed by atoms with Crippen LogP contribution in [0.4, 0.5) is 16.2 Å². The van der Waals surface area contributed by atoms with E-state index in [4.69, 9.17) is 0 Å². The zero-order chi connectivity index (χ0) is 20.5. The van der Waals surface area contributed by atoms with Crippen molar-refractivity contribution in [1.82, 2.24) is 10.6 Å². The molecule has 0 radical (unpaired) electrons. The highest BCUT2D eigenvalue weighted by Crippen LogP contribution is 2.17. The van der Waals surface area contributed by atoms with E-state index >= 15 is 0 Å². The van der Waals surface area contributed by atoms with Gasteiger partial charge in [-0.05, 0) is 50.2 Å². The predicted molar refractivity (Wildman–Crippen MR) is 111 cm³/mol. The lowest BCUT2D eigenvalue weighted by Crippen LogP contribution is -2.34. The van der Waals surface area contributed by atoms with E-state index in [0.717, 1.165) is 0 Å². The Morgan fingerprint density at radius 3 is 2.29 bits per heavy atom. The van der Waals surface area contributed by atoms with Crippen LogP contribution in [-0.2, 0) is 0 Å². The summed E-state index contributed by atoms with van der Waals surface area (Å²) in [5, 5.41) is 10.8. The van der Waals surface area contributed by atoms with Gasteiger partial charge < -0.3 is 21.3 Å². The van der Waals surface area contributed by atoms with Crippen molar-refractivity contribution in [3.05, 3.63) is 72.3 Å². The van der Waals surface area contributed by atoms with Crippen LogP contribution in [0.1, 0.15) is 34.6 Å². The summed E-state index contributed by atoms with van der Waals surface area (Å²) in [7, 11) is 0. The Balaban J connectivity index is 2.06. The highest BCUT2D eigenvalue weighted by molar-refractivity contribution is 6.09. The van der Waals surface area contributed by atoms with Crippen LogP contribution in [-0.4, -0.2) is 30.4 Å². The topological polar surface area (TPSA) is 99.3 Å². The minimum Gasteiger partial charge on any atom is -0.349 e. The van der Waals surface area contributed by atoms with E-state index < -0.39 is 0 Å². The molecule has 0 spiro atoms. The third-order valence-electron chi connectivity index (χ3n) is 3.65. The molecular formula is C21H24N4O3. The SMILES string of the molecule is C=CCNC(=O)c1ccccc1NC(=O)c1ccc(NC(=O)NC(C)C)cc1. The van der Waals surface area contributed by atoms with Gasteiger partial charge in [-0.25, -0.2) is 4.79 Å². The van der Waals surface area contributed by atoms with Gasteiger partial charge in [0.1, 0.15) is 0 Å². The molecule has 0 heterocycles. The first kappa shape index (κ1) is 20.7. The fourth-order valence-corrected chi connectivity index (χ4v) is 2.38. The number of carbonyl (C=O) groups is 3. The third-order valence-corrected chi connectivity index (χ3v) is 3.65. The Morgan fingerprint density at radius 2 is 1.64 bits per heavy atom. The van der Waals surface area contributed by atoms with Crippen LogP contribution in [0, 0.1) is 0 Å². The van der Waals surface area contributed by atoms with Gasteiger partial charge in [0.15, 0.2) is 0 Å². The van der Waals surface area contributed by atoms with Gasteiger partial charge in [0.25, 0.3) is 11.8 Å². The first-order valence-electron chi connectivity index (χ1n) is 8.87. The van der Waals surface area contributed by atoms with Crippen LogP contribution < -0.4 is 21.3 Å². The first-order chi connectivity index (χ1) is 13.4. The number of benzene rings is 2. The predicted octanol–water partition coefficient (Wildman–Crippen LogP) is 3.38. The van der Waals surface area contributed by atoms with Crippen LogP contribution in [0.2, 0.25) is 0 Å². The smallest absolute Gasteiger partial charge is 0.319 e. The summed E-state index contributed by atoms with van der Waals surface area (Å²) in [6.45, 7) is 7.62. The van der Waals surface area contributed by atoms with Crippen molar-refractivity contribution >= 4 is 29.2 Å². The summed E-state index contributed by atoms with van der Waals surface area (Å²) in [6.07, 6.45) is 1.58. The zero-order valence-electron chi connectivity index (χ0n) is 15.9. The van der Waals surface area contributed by atoms with E-state index in [2.05, 4.69) is 27.8 Å². The molecule has 146 valence electrons. The normalized spacial score (nSPS) is 10.1. The van der Waals surface area contributed by atoms with Gasteiger partial charge in [-0.15, -0.1) is 6.58 Å². The summed E-state index contributed by atoms with van der Waals surface area (Å²) in [5.41, 5.74) is 1.74. The molecule has 0 bridgehead atoms. The Morgan fingerprint density at radius 1 is 0.964 bits per heavy atom. The number of hydrogen-bond donors (Lipinski definition) is 4. The van der Waals surface area contributed by atoms with Gasteiger partial charge >= 0.3 is 6.03 Å². The summed E-state index contributed by atoms with van der Waals surface area (Å²) in [4.78, 5) is 36.4. The minimum atomic E-state index is -0.359. The molecule has 0 aliphatic carbocycles. The van der Waals surface area contributed by atoms with Crippen LogP contribution >= 0.6 is 0 Å². The molecule has 0 unspecified atom stereocenters. The molecule has 0 aliphatic rings. The monoisotopic (exact) mass is 380 g/mol. The van der Waals surface area contributed by atoms with Crippen molar-refractivity contribution in [1.29, 1.82) is 0 Å². The average molecular weight is 380 g/mol. The highest BCUT2D eigenvalue weighted by atomic mass is 16.2. The lowest BCUT2D eigenvalue weighted by atomic mass is 10.1. The first-order valence-corrected chi connectivity index (χ1v) is 8.87. The molecule has 2 rings (SSSR count). The van der Waals surface area contributed by atoms with Crippen molar-refractivity contribution < 1.29 is 14.4 Å². The quantitative estimate of drug-likeness (QED) is 0.554. The lowest BCUT2D eigenvalue weighted by molar-refractivity contribution is 0.0959. The van der Waals surface area contributed by atoms with Crippen molar-refractivity contribution in [3.63, 3.8) is 0 Å². The molecule has 7 nitrogen and oxygen atoms in total. The molecule has 0 fully saturated rings. The van der Waals surface area contributed by atoms with Gasteiger partial charge in [0, 0.05) is 23.8 Å². The van der Waals surface area contributed by atoms with E-state index in [1.54, 1.807) is 54.6 Å². The minimum absolute atomic E-state index is 0.0220. The molecule has 28 heavy (non-hydrogen) atoms. The van der Waals surface area contributed by atoms with Crippen LogP contribution in [0.5, 0.6) is 0 Å². The Labute approximate surface area is 164 Å². The van der Waals surface area contributed by atoms with Gasteiger partial charge in [0.2, 0.25) is 0 Å². The maximum absolute atomic E-state index is 12.5. The molecule has 2 aromatic carbocycles. The number of nitrogens with one attached hydrogen (secondary N) is 4. The molecule has 7 heteroatoms. The number of para-hydroxylation sites is 1. The molecule has 4 amide bonds. The van der Waals surface area contributed by atoms with Crippen molar-refractivity contribution in [2.75, 3.05) is 17.2 Å². The number of anilines is 2. The summed E-state index contributed by atoms with van der Waals surface area (Å²) >= 11 is 0. The second-order valence-corrected chi connectivity index (χ2v) is 6.33. The molecular weight excluding hydrogens is 356 g/mol.